The largest absolute Gasteiger partial charge is 0.326 e. The van der Waals surface area contributed by atoms with Gasteiger partial charge in [0.05, 0.1) is 11.9 Å². The standard InChI is InChI=1S/C21H26N2O4S/c1-15-11-16(2)13-20(12-15)23(28(4,26)27)10-6-9-21(25)22-19-8-5-7-18(14-19)17(3)24/h5,7-8,11-14H,6,9-10H2,1-4H3,(H,22,25). The highest BCUT2D eigenvalue weighted by Crippen LogP contribution is 2.22. The minimum Gasteiger partial charge on any atom is -0.326 e. The summed E-state index contributed by atoms with van der Waals surface area (Å²) in [5.74, 6) is -0.303. The second-order valence-electron chi connectivity index (χ2n) is 6.97. The molecular weight excluding hydrogens is 376 g/mol. The molecule has 0 saturated heterocycles. The quantitative estimate of drug-likeness (QED) is 0.683. The normalized spacial score (nSPS) is 11.1. The molecule has 2 aromatic rings. The molecule has 0 fully saturated rings. The lowest BCUT2D eigenvalue weighted by Crippen LogP contribution is -2.31. The molecule has 1 amide bonds. The van der Waals surface area contributed by atoms with Crippen LogP contribution in [0.25, 0.3) is 0 Å². The van der Waals surface area contributed by atoms with Crippen LogP contribution in [-0.2, 0) is 14.8 Å². The van der Waals surface area contributed by atoms with Crippen LogP contribution in [0.5, 0.6) is 0 Å². The van der Waals surface area contributed by atoms with Crippen molar-refractivity contribution in [3.05, 3.63) is 59.2 Å². The van der Waals surface area contributed by atoms with Crippen molar-refractivity contribution in [1.29, 1.82) is 0 Å². The summed E-state index contributed by atoms with van der Waals surface area (Å²) in [7, 11) is -3.46. The number of amides is 1. The molecule has 0 spiro atoms. The maximum Gasteiger partial charge on any atom is 0.232 e. The van der Waals surface area contributed by atoms with Gasteiger partial charge in [0, 0.05) is 24.2 Å². The van der Waals surface area contributed by atoms with Gasteiger partial charge < -0.3 is 5.32 Å². The highest BCUT2D eigenvalue weighted by molar-refractivity contribution is 7.92. The molecular formula is C21H26N2O4S. The summed E-state index contributed by atoms with van der Waals surface area (Å²) in [6.45, 7) is 5.51. The molecule has 150 valence electrons. The molecule has 0 aliphatic carbocycles. The van der Waals surface area contributed by atoms with Gasteiger partial charge in [0.2, 0.25) is 15.9 Å². The Labute approximate surface area is 166 Å². The zero-order chi connectivity index (χ0) is 20.9. The van der Waals surface area contributed by atoms with Gasteiger partial charge in [0.15, 0.2) is 5.78 Å². The minimum atomic E-state index is -3.46. The molecule has 0 bridgehead atoms. The Balaban J connectivity index is 2.01. The van der Waals surface area contributed by atoms with Gasteiger partial charge >= 0.3 is 0 Å². The summed E-state index contributed by atoms with van der Waals surface area (Å²) in [5, 5.41) is 2.75. The van der Waals surface area contributed by atoms with Gasteiger partial charge in [-0.3, -0.25) is 13.9 Å². The topological polar surface area (TPSA) is 83.6 Å². The first-order chi connectivity index (χ1) is 13.1. The highest BCUT2D eigenvalue weighted by Gasteiger charge is 2.18. The number of aryl methyl sites for hydroxylation is 2. The maximum absolute atomic E-state index is 12.2. The van der Waals surface area contributed by atoms with Gasteiger partial charge in [0.25, 0.3) is 0 Å². The predicted molar refractivity (Wildman–Crippen MR) is 112 cm³/mol. The lowest BCUT2D eigenvalue weighted by atomic mass is 10.1. The van der Waals surface area contributed by atoms with E-state index >= 15 is 0 Å². The molecule has 0 aliphatic heterocycles. The lowest BCUT2D eigenvalue weighted by molar-refractivity contribution is -0.116. The molecule has 7 heteroatoms. The van der Waals surface area contributed by atoms with Crippen molar-refractivity contribution >= 4 is 33.1 Å². The van der Waals surface area contributed by atoms with Gasteiger partial charge in [0.1, 0.15) is 0 Å². The van der Waals surface area contributed by atoms with Crippen molar-refractivity contribution in [2.24, 2.45) is 0 Å². The van der Waals surface area contributed by atoms with Crippen LogP contribution in [0, 0.1) is 13.8 Å². The van der Waals surface area contributed by atoms with Crippen molar-refractivity contribution in [2.75, 3.05) is 22.4 Å². The third kappa shape index (κ3) is 6.20. The number of ketones is 1. The second kappa shape index (κ2) is 9.01. The molecule has 6 nitrogen and oxygen atoms in total. The second-order valence-corrected chi connectivity index (χ2v) is 8.88. The molecule has 0 saturated carbocycles. The number of nitrogens with one attached hydrogen (secondary N) is 1. The van der Waals surface area contributed by atoms with Crippen LogP contribution in [0.2, 0.25) is 0 Å². The fraction of sp³-hybridized carbons (Fsp3) is 0.333. The maximum atomic E-state index is 12.2. The number of carbonyl (C=O) groups excluding carboxylic acids is 2. The van der Waals surface area contributed by atoms with Gasteiger partial charge in [-0.25, -0.2) is 8.42 Å². The summed E-state index contributed by atoms with van der Waals surface area (Å²) < 4.78 is 25.8. The number of carbonyl (C=O) groups is 2. The van der Waals surface area contributed by atoms with Crippen LogP contribution in [0.4, 0.5) is 11.4 Å². The number of hydrogen-bond donors (Lipinski definition) is 1. The number of Topliss-reactive ketones (excluding diaryl/α,β-unsaturated/α-hetero) is 1. The van der Waals surface area contributed by atoms with Crippen LogP contribution in [0.3, 0.4) is 0 Å². The van der Waals surface area contributed by atoms with E-state index in [0.717, 1.165) is 17.4 Å². The van der Waals surface area contributed by atoms with Crippen LogP contribution >= 0.6 is 0 Å². The average molecular weight is 403 g/mol. The van der Waals surface area contributed by atoms with Crippen molar-refractivity contribution in [3.63, 3.8) is 0 Å². The lowest BCUT2D eigenvalue weighted by Gasteiger charge is -2.23. The van der Waals surface area contributed by atoms with Crippen LogP contribution in [0.1, 0.15) is 41.3 Å². The molecule has 0 heterocycles. The number of nitrogens with zero attached hydrogens (tertiary/aromatic N) is 1. The Morgan fingerprint density at radius 3 is 2.25 bits per heavy atom. The number of hydrogen-bond acceptors (Lipinski definition) is 4. The minimum absolute atomic E-state index is 0.0756. The fourth-order valence-corrected chi connectivity index (χ4v) is 3.95. The number of anilines is 2. The first kappa shape index (κ1) is 21.6. The van der Waals surface area contributed by atoms with Crippen molar-refractivity contribution in [3.8, 4) is 0 Å². The van der Waals surface area contributed by atoms with E-state index in [0.29, 0.717) is 23.4 Å². The first-order valence-corrected chi connectivity index (χ1v) is 10.9. The molecule has 0 atom stereocenters. The summed E-state index contributed by atoms with van der Waals surface area (Å²) in [6, 6.07) is 12.3. The van der Waals surface area contributed by atoms with E-state index in [-0.39, 0.29) is 24.7 Å². The average Bonchev–Trinajstić information content (AvgIpc) is 2.56. The van der Waals surface area contributed by atoms with Crippen LogP contribution in [0.15, 0.2) is 42.5 Å². The van der Waals surface area contributed by atoms with Crippen molar-refractivity contribution < 1.29 is 18.0 Å². The van der Waals surface area contributed by atoms with Gasteiger partial charge in [-0.05, 0) is 62.6 Å². The number of benzene rings is 2. The van der Waals surface area contributed by atoms with Crippen LogP contribution < -0.4 is 9.62 Å². The van der Waals surface area contributed by atoms with Gasteiger partial charge in [-0.1, -0.05) is 18.2 Å². The molecule has 28 heavy (non-hydrogen) atoms. The number of rotatable bonds is 8. The third-order valence-corrected chi connectivity index (χ3v) is 5.41. The summed E-state index contributed by atoms with van der Waals surface area (Å²) in [4.78, 5) is 23.6. The van der Waals surface area contributed by atoms with E-state index in [9.17, 15) is 18.0 Å². The van der Waals surface area contributed by atoms with E-state index in [1.165, 1.54) is 11.2 Å². The zero-order valence-electron chi connectivity index (χ0n) is 16.7. The Morgan fingerprint density at radius 2 is 1.68 bits per heavy atom. The SMILES string of the molecule is CC(=O)c1cccc(NC(=O)CCCN(c2cc(C)cc(C)c2)S(C)(=O)=O)c1. The molecule has 0 radical (unpaired) electrons. The predicted octanol–water partition coefficient (Wildman–Crippen LogP) is 3.69. The molecule has 1 N–H and O–H groups in total. The Hall–Kier alpha value is -2.67. The summed E-state index contributed by atoms with van der Waals surface area (Å²) >= 11 is 0. The monoisotopic (exact) mass is 402 g/mol. The van der Waals surface area contributed by atoms with E-state index in [1.807, 2.05) is 32.0 Å². The van der Waals surface area contributed by atoms with E-state index < -0.39 is 10.0 Å². The third-order valence-electron chi connectivity index (χ3n) is 4.21. The van der Waals surface area contributed by atoms with Crippen molar-refractivity contribution in [2.45, 2.75) is 33.6 Å². The smallest absolute Gasteiger partial charge is 0.232 e. The number of sulfonamides is 1. The molecule has 0 aromatic heterocycles. The van der Waals surface area contributed by atoms with E-state index in [2.05, 4.69) is 5.32 Å². The highest BCUT2D eigenvalue weighted by atomic mass is 32.2. The van der Waals surface area contributed by atoms with Crippen molar-refractivity contribution in [1.82, 2.24) is 0 Å². The first-order valence-electron chi connectivity index (χ1n) is 9.03. The molecule has 0 unspecified atom stereocenters. The van der Waals surface area contributed by atoms with E-state index in [4.69, 9.17) is 0 Å². The van der Waals surface area contributed by atoms with Crippen LogP contribution in [-0.4, -0.2) is 32.9 Å². The Bertz CT molecular complexity index is 963. The fourth-order valence-electron chi connectivity index (χ4n) is 3.00. The Morgan fingerprint density at radius 1 is 1.04 bits per heavy atom. The zero-order valence-corrected chi connectivity index (χ0v) is 17.5. The Kier molecular flexibility index (Phi) is 6.96. The van der Waals surface area contributed by atoms with Gasteiger partial charge in [-0.15, -0.1) is 0 Å². The molecule has 2 rings (SSSR count). The molecule has 2 aromatic carbocycles. The molecule has 0 aliphatic rings. The summed E-state index contributed by atoms with van der Waals surface area (Å²) in [6.07, 6.45) is 1.71. The van der Waals surface area contributed by atoms with E-state index in [1.54, 1.807) is 24.3 Å². The summed E-state index contributed by atoms with van der Waals surface area (Å²) in [5.41, 5.74) is 3.64. The van der Waals surface area contributed by atoms with Gasteiger partial charge in [-0.2, -0.15) is 0 Å².